The summed E-state index contributed by atoms with van der Waals surface area (Å²) in [6.07, 6.45) is 3.51. The first-order valence-corrected chi connectivity index (χ1v) is 10.6. The zero-order chi connectivity index (χ0) is 20.0. The van der Waals surface area contributed by atoms with E-state index in [1.54, 1.807) is 30.5 Å². The number of benzene rings is 1. The van der Waals surface area contributed by atoms with Gasteiger partial charge < -0.3 is 15.8 Å². The van der Waals surface area contributed by atoms with E-state index in [-0.39, 0.29) is 23.3 Å². The van der Waals surface area contributed by atoms with Gasteiger partial charge in [0, 0.05) is 24.6 Å². The molecule has 0 saturated heterocycles. The molecule has 0 saturated carbocycles. The molecule has 0 fully saturated rings. The van der Waals surface area contributed by atoms with Crippen molar-refractivity contribution in [3.8, 4) is 11.6 Å². The molecule has 2 unspecified atom stereocenters. The topological polar surface area (TPSA) is 111 Å². The molecule has 1 heterocycles. The number of ether oxygens (including phenoxy) is 1. The molecule has 2 aromatic rings. The fraction of sp³-hybridized carbons (Fsp3) is 0.368. The summed E-state index contributed by atoms with van der Waals surface area (Å²) in [6.45, 7) is 4.12. The first-order chi connectivity index (χ1) is 12.7. The van der Waals surface area contributed by atoms with Crippen LogP contribution in [-0.4, -0.2) is 31.6 Å². The van der Waals surface area contributed by atoms with Crippen molar-refractivity contribution in [3.63, 3.8) is 0 Å². The van der Waals surface area contributed by atoms with Crippen molar-refractivity contribution in [2.45, 2.75) is 37.8 Å². The standard InChI is InChI=1S/C19H25N3O4S/c1-4-13(2)17(20)18(23)22-12-14-7-6-10-21-19(14)26-15-8-5-9-16(11-15)27(3,24)25/h5-11,13,17H,4,12,20H2,1-3H3,(H,22,23). The summed E-state index contributed by atoms with van der Waals surface area (Å²) in [4.78, 5) is 16.5. The molecule has 8 heteroatoms. The van der Waals surface area contributed by atoms with Gasteiger partial charge in [-0.25, -0.2) is 13.4 Å². The largest absolute Gasteiger partial charge is 0.439 e. The van der Waals surface area contributed by atoms with Crippen LogP contribution in [0.3, 0.4) is 0 Å². The van der Waals surface area contributed by atoms with Crippen molar-refractivity contribution in [3.05, 3.63) is 48.2 Å². The Kier molecular flexibility index (Phi) is 6.92. The van der Waals surface area contributed by atoms with E-state index >= 15 is 0 Å². The summed E-state index contributed by atoms with van der Waals surface area (Å²) in [5.74, 6) is 0.479. The predicted octanol–water partition coefficient (Wildman–Crippen LogP) is 2.27. The molecule has 0 aliphatic rings. The van der Waals surface area contributed by atoms with Gasteiger partial charge in [-0.05, 0) is 30.2 Å². The summed E-state index contributed by atoms with van der Waals surface area (Å²) in [7, 11) is -3.34. The molecule has 27 heavy (non-hydrogen) atoms. The third kappa shape index (κ3) is 5.77. The van der Waals surface area contributed by atoms with E-state index in [0.29, 0.717) is 17.2 Å². The van der Waals surface area contributed by atoms with E-state index in [4.69, 9.17) is 10.5 Å². The molecule has 1 aromatic carbocycles. The minimum absolute atomic E-state index is 0.0772. The Hall–Kier alpha value is -2.45. The van der Waals surface area contributed by atoms with Gasteiger partial charge in [0.2, 0.25) is 11.8 Å². The number of nitrogens with two attached hydrogens (primary N) is 1. The lowest BCUT2D eigenvalue weighted by molar-refractivity contribution is -0.123. The highest BCUT2D eigenvalue weighted by atomic mass is 32.2. The quantitative estimate of drug-likeness (QED) is 0.714. The van der Waals surface area contributed by atoms with Crippen molar-refractivity contribution >= 4 is 15.7 Å². The van der Waals surface area contributed by atoms with Crippen molar-refractivity contribution < 1.29 is 17.9 Å². The number of carbonyl (C=O) groups excluding carboxylic acids is 1. The summed E-state index contributed by atoms with van der Waals surface area (Å²) >= 11 is 0. The zero-order valence-electron chi connectivity index (χ0n) is 15.7. The molecule has 7 nitrogen and oxygen atoms in total. The van der Waals surface area contributed by atoms with E-state index in [1.165, 1.54) is 12.1 Å². The van der Waals surface area contributed by atoms with Crippen LogP contribution < -0.4 is 15.8 Å². The number of nitrogens with zero attached hydrogens (tertiary/aromatic N) is 1. The summed E-state index contributed by atoms with van der Waals surface area (Å²) < 4.78 is 29.1. The van der Waals surface area contributed by atoms with Crippen molar-refractivity contribution in [1.29, 1.82) is 0 Å². The molecule has 2 rings (SSSR count). The SMILES string of the molecule is CCC(C)C(N)C(=O)NCc1cccnc1Oc1cccc(S(C)(=O)=O)c1. The minimum atomic E-state index is -3.34. The molecule has 3 N–H and O–H groups in total. The van der Waals surface area contributed by atoms with Crippen molar-refractivity contribution in [1.82, 2.24) is 10.3 Å². The molecule has 146 valence electrons. The van der Waals surface area contributed by atoms with Crippen molar-refractivity contribution in [2.75, 3.05) is 6.26 Å². The lowest BCUT2D eigenvalue weighted by Crippen LogP contribution is -2.44. The van der Waals surface area contributed by atoms with E-state index in [2.05, 4.69) is 10.3 Å². The predicted molar refractivity (Wildman–Crippen MR) is 103 cm³/mol. The highest BCUT2D eigenvalue weighted by Gasteiger charge is 2.19. The maximum Gasteiger partial charge on any atom is 0.237 e. The number of rotatable bonds is 8. The van der Waals surface area contributed by atoms with Gasteiger partial charge in [0.1, 0.15) is 5.75 Å². The van der Waals surface area contributed by atoms with Gasteiger partial charge in [0.05, 0.1) is 10.9 Å². The molecule has 0 spiro atoms. The Balaban J connectivity index is 2.13. The first kappa shape index (κ1) is 20.9. The Bertz CT molecular complexity index is 899. The molecule has 1 amide bonds. The molecular weight excluding hydrogens is 366 g/mol. The van der Waals surface area contributed by atoms with Gasteiger partial charge in [-0.2, -0.15) is 0 Å². The number of pyridine rings is 1. The smallest absolute Gasteiger partial charge is 0.237 e. The third-order valence-electron chi connectivity index (χ3n) is 4.31. The zero-order valence-corrected chi connectivity index (χ0v) is 16.5. The second-order valence-corrected chi connectivity index (χ2v) is 8.46. The average molecular weight is 391 g/mol. The lowest BCUT2D eigenvalue weighted by atomic mass is 9.99. The summed E-state index contributed by atoms with van der Waals surface area (Å²) in [5, 5.41) is 2.80. The van der Waals surface area contributed by atoms with E-state index in [1.807, 2.05) is 13.8 Å². The molecule has 2 atom stereocenters. The van der Waals surface area contributed by atoms with Crippen LogP contribution in [0.15, 0.2) is 47.5 Å². The van der Waals surface area contributed by atoms with Gasteiger partial charge in [-0.3, -0.25) is 4.79 Å². The molecule has 0 bridgehead atoms. The van der Waals surface area contributed by atoms with E-state index < -0.39 is 15.9 Å². The van der Waals surface area contributed by atoms with Crippen LogP contribution >= 0.6 is 0 Å². The Morgan fingerprint density at radius 1 is 1.30 bits per heavy atom. The summed E-state index contributed by atoms with van der Waals surface area (Å²) in [5.41, 5.74) is 6.60. The maximum absolute atomic E-state index is 12.2. The van der Waals surface area contributed by atoms with Crippen LogP contribution in [-0.2, 0) is 21.2 Å². The van der Waals surface area contributed by atoms with Crippen molar-refractivity contribution in [2.24, 2.45) is 11.7 Å². The van der Waals surface area contributed by atoms with Gasteiger partial charge in [0.25, 0.3) is 0 Å². The van der Waals surface area contributed by atoms with Crippen LogP contribution in [0.1, 0.15) is 25.8 Å². The van der Waals surface area contributed by atoms with Crippen LogP contribution in [0, 0.1) is 5.92 Å². The molecule has 0 aliphatic carbocycles. The fourth-order valence-corrected chi connectivity index (χ4v) is 3.00. The molecule has 1 aromatic heterocycles. The number of carbonyl (C=O) groups is 1. The maximum atomic E-state index is 12.2. The number of hydrogen-bond donors (Lipinski definition) is 2. The fourth-order valence-electron chi connectivity index (χ4n) is 2.34. The minimum Gasteiger partial charge on any atom is -0.439 e. The molecule has 0 aliphatic heterocycles. The van der Waals surface area contributed by atoms with Crippen LogP contribution in [0.5, 0.6) is 11.6 Å². The van der Waals surface area contributed by atoms with E-state index in [0.717, 1.165) is 12.7 Å². The van der Waals surface area contributed by atoms with Crippen LogP contribution in [0.4, 0.5) is 0 Å². The Labute approximate surface area is 159 Å². The number of hydrogen-bond acceptors (Lipinski definition) is 6. The Morgan fingerprint density at radius 3 is 2.70 bits per heavy atom. The van der Waals surface area contributed by atoms with Crippen LogP contribution in [0.2, 0.25) is 0 Å². The number of nitrogens with one attached hydrogen (secondary N) is 1. The second kappa shape index (κ2) is 8.96. The number of sulfone groups is 1. The Morgan fingerprint density at radius 2 is 2.04 bits per heavy atom. The second-order valence-electron chi connectivity index (χ2n) is 6.45. The lowest BCUT2D eigenvalue weighted by Gasteiger charge is -2.18. The normalized spacial score (nSPS) is 13.6. The van der Waals surface area contributed by atoms with Gasteiger partial charge in [-0.15, -0.1) is 0 Å². The number of aromatic nitrogens is 1. The third-order valence-corrected chi connectivity index (χ3v) is 5.42. The highest BCUT2D eigenvalue weighted by Crippen LogP contribution is 2.25. The average Bonchev–Trinajstić information content (AvgIpc) is 2.65. The molecule has 0 radical (unpaired) electrons. The van der Waals surface area contributed by atoms with E-state index in [9.17, 15) is 13.2 Å². The van der Waals surface area contributed by atoms with Gasteiger partial charge in [-0.1, -0.05) is 32.4 Å². The monoisotopic (exact) mass is 391 g/mol. The summed E-state index contributed by atoms with van der Waals surface area (Å²) in [6, 6.07) is 9.10. The van der Waals surface area contributed by atoms with Gasteiger partial charge >= 0.3 is 0 Å². The molecular formula is C19H25N3O4S. The van der Waals surface area contributed by atoms with Crippen LogP contribution in [0.25, 0.3) is 0 Å². The van der Waals surface area contributed by atoms with Gasteiger partial charge in [0.15, 0.2) is 9.84 Å². The highest BCUT2D eigenvalue weighted by molar-refractivity contribution is 7.90. The first-order valence-electron chi connectivity index (χ1n) is 8.67. The number of amides is 1.